The van der Waals surface area contributed by atoms with E-state index in [0.717, 1.165) is 34.8 Å². The highest BCUT2D eigenvalue weighted by Gasteiger charge is 2.22. The number of halogens is 1. The van der Waals surface area contributed by atoms with Crippen LogP contribution in [0.5, 0.6) is 0 Å². The summed E-state index contributed by atoms with van der Waals surface area (Å²) >= 11 is 1.68. The summed E-state index contributed by atoms with van der Waals surface area (Å²) in [5.74, 6) is 0.253. The number of carbonyl (C=O) groups excluding carboxylic acids is 1. The third-order valence-corrected chi connectivity index (χ3v) is 4.88. The molecule has 3 aromatic heterocycles. The molecule has 9 heteroatoms. The molecule has 1 aliphatic rings. The summed E-state index contributed by atoms with van der Waals surface area (Å²) in [5, 5.41) is 20.3. The van der Waals surface area contributed by atoms with Gasteiger partial charge in [-0.15, -0.1) is 23.7 Å². The molecule has 0 saturated carbocycles. The summed E-state index contributed by atoms with van der Waals surface area (Å²) in [6.45, 7) is 3.62. The van der Waals surface area contributed by atoms with Crippen molar-refractivity contribution >= 4 is 35.5 Å². The second-order valence-corrected chi connectivity index (χ2v) is 6.78. The Morgan fingerprint density at radius 1 is 1.29 bits per heavy atom. The van der Waals surface area contributed by atoms with Crippen LogP contribution < -0.4 is 10.6 Å². The van der Waals surface area contributed by atoms with E-state index in [-0.39, 0.29) is 18.3 Å². The number of H-pyrrole nitrogens is 2. The average Bonchev–Trinajstić information content (AvgIpc) is 3.25. The summed E-state index contributed by atoms with van der Waals surface area (Å²) in [6.07, 6.45) is 0.861. The molecule has 0 fully saturated rings. The highest BCUT2D eigenvalue weighted by atomic mass is 35.5. The Labute approximate surface area is 148 Å². The van der Waals surface area contributed by atoms with Gasteiger partial charge in [-0.1, -0.05) is 0 Å². The molecule has 0 aliphatic carbocycles. The largest absolute Gasteiger partial charge is 0.312 e. The molecule has 0 bridgehead atoms. The zero-order valence-corrected chi connectivity index (χ0v) is 14.6. The van der Waals surface area contributed by atoms with E-state index >= 15 is 0 Å². The van der Waals surface area contributed by atoms with Gasteiger partial charge in [0.15, 0.2) is 11.5 Å². The lowest BCUT2D eigenvalue weighted by atomic mass is 10.1. The lowest BCUT2D eigenvalue weighted by Crippen LogP contribution is -2.25. The van der Waals surface area contributed by atoms with Crippen molar-refractivity contribution in [1.29, 1.82) is 0 Å². The quantitative estimate of drug-likeness (QED) is 0.573. The fourth-order valence-electron chi connectivity index (χ4n) is 2.68. The van der Waals surface area contributed by atoms with E-state index in [2.05, 4.69) is 44.0 Å². The number of thiophene rings is 1. The van der Waals surface area contributed by atoms with Gasteiger partial charge < -0.3 is 10.6 Å². The number of carbonyl (C=O) groups is 1. The third kappa shape index (κ3) is 3.08. The van der Waals surface area contributed by atoms with Gasteiger partial charge in [-0.25, -0.2) is 0 Å². The standard InChI is InChI=1S/C15H16N6OS.ClH/c1-8-2-3-12(23-8)11-6-13(20-19-11)17-15(22)14-9-7-16-5-4-10(9)18-21-14;/h2-3,6,16H,4-5,7H2,1H3,(H,18,21)(H2,17,19,20,22);1H. The van der Waals surface area contributed by atoms with Gasteiger partial charge >= 0.3 is 0 Å². The molecule has 7 nitrogen and oxygen atoms in total. The molecule has 0 atom stereocenters. The predicted molar refractivity (Wildman–Crippen MR) is 95.8 cm³/mol. The molecule has 0 saturated heterocycles. The Kier molecular flexibility index (Phi) is 4.70. The van der Waals surface area contributed by atoms with E-state index in [1.807, 2.05) is 12.1 Å². The molecule has 1 aliphatic heterocycles. The Morgan fingerprint density at radius 2 is 2.17 bits per heavy atom. The smallest absolute Gasteiger partial charge is 0.277 e. The van der Waals surface area contributed by atoms with Gasteiger partial charge in [0.2, 0.25) is 0 Å². The van der Waals surface area contributed by atoms with E-state index in [0.29, 0.717) is 18.1 Å². The van der Waals surface area contributed by atoms with E-state index < -0.39 is 0 Å². The highest BCUT2D eigenvalue weighted by molar-refractivity contribution is 7.15. The Balaban J connectivity index is 0.00000169. The normalized spacial score (nSPS) is 13.2. The SMILES string of the molecule is Cc1ccc(-c2cc(NC(=O)c3n[nH]c4c3CNCC4)n[nH]2)s1.Cl. The van der Waals surface area contributed by atoms with Crippen molar-refractivity contribution in [2.45, 2.75) is 19.9 Å². The maximum atomic E-state index is 12.4. The van der Waals surface area contributed by atoms with Crippen molar-refractivity contribution in [2.75, 3.05) is 11.9 Å². The zero-order valence-electron chi connectivity index (χ0n) is 13.0. The lowest BCUT2D eigenvalue weighted by molar-refractivity contribution is 0.102. The summed E-state index contributed by atoms with van der Waals surface area (Å²) in [4.78, 5) is 14.8. The third-order valence-electron chi connectivity index (χ3n) is 3.85. The molecule has 0 radical (unpaired) electrons. The van der Waals surface area contributed by atoms with Gasteiger partial charge in [0.05, 0.1) is 10.6 Å². The van der Waals surface area contributed by atoms with Crippen LogP contribution in [0.2, 0.25) is 0 Å². The second-order valence-electron chi connectivity index (χ2n) is 5.49. The molecular formula is C15H17ClN6OS. The van der Waals surface area contributed by atoms with Crippen LogP contribution in [0.3, 0.4) is 0 Å². The molecule has 4 rings (SSSR count). The number of fused-ring (bicyclic) bond motifs is 1. The Bertz CT molecular complexity index is 867. The van der Waals surface area contributed by atoms with Gasteiger partial charge in [-0.3, -0.25) is 15.0 Å². The van der Waals surface area contributed by atoms with Gasteiger partial charge in [-0.05, 0) is 19.1 Å². The van der Waals surface area contributed by atoms with Crippen molar-refractivity contribution in [2.24, 2.45) is 0 Å². The molecular weight excluding hydrogens is 348 g/mol. The second kappa shape index (κ2) is 6.76. The maximum Gasteiger partial charge on any atom is 0.277 e. The zero-order chi connectivity index (χ0) is 15.8. The van der Waals surface area contributed by atoms with Crippen LogP contribution in [0, 0.1) is 6.92 Å². The van der Waals surface area contributed by atoms with Crippen LogP contribution in [-0.4, -0.2) is 32.8 Å². The number of hydrogen-bond acceptors (Lipinski definition) is 5. The van der Waals surface area contributed by atoms with Crippen molar-refractivity contribution < 1.29 is 4.79 Å². The van der Waals surface area contributed by atoms with Crippen LogP contribution in [0.1, 0.15) is 26.6 Å². The molecule has 3 aromatic rings. The van der Waals surface area contributed by atoms with Crippen LogP contribution in [0.25, 0.3) is 10.6 Å². The Morgan fingerprint density at radius 3 is 2.96 bits per heavy atom. The number of aromatic amines is 2. The number of aryl methyl sites for hydroxylation is 1. The fourth-order valence-corrected chi connectivity index (χ4v) is 3.51. The summed E-state index contributed by atoms with van der Waals surface area (Å²) in [6, 6.07) is 5.93. The molecule has 24 heavy (non-hydrogen) atoms. The number of nitrogens with zero attached hydrogens (tertiary/aromatic N) is 2. The number of anilines is 1. The van der Waals surface area contributed by atoms with Crippen molar-refractivity contribution in [3.63, 3.8) is 0 Å². The van der Waals surface area contributed by atoms with Crippen LogP contribution in [0.15, 0.2) is 18.2 Å². The summed E-state index contributed by atoms with van der Waals surface area (Å²) in [5.41, 5.74) is 3.30. The van der Waals surface area contributed by atoms with Crippen molar-refractivity contribution in [3.8, 4) is 10.6 Å². The topological polar surface area (TPSA) is 98.5 Å². The van der Waals surface area contributed by atoms with Gasteiger partial charge in [0.1, 0.15) is 0 Å². The number of rotatable bonds is 3. The first-order valence-electron chi connectivity index (χ1n) is 7.41. The summed E-state index contributed by atoms with van der Waals surface area (Å²) < 4.78 is 0. The number of hydrogen-bond donors (Lipinski definition) is 4. The number of aromatic nitrogens is 4. The minimum Gasteiger partial charge on any atom is -0.312 e. The first-order valence-corrected chi connectivity index (χ1v) is 8.23. The average molecular weight is 365 g/mol. The fraction of sp³-hybridized carbons (Fsp3) is 0.267. The van der Waals surface area contributed by atoms with E-state index in [1.165, 1.54) is 4.88 Å². The molecule has 1 amide bonds. The van der Waals surface area contributed by atoms with Gasteiger partial charge in [0, 0.05) is 41.7 Å². The Hall–Kier alpha value is -2.16. The number of amides is 1. The van der Waals surface area contributed by atoms with E-state index in [4.69, 9.17) is 0 Å². The lowest BCUT2D eigenvalue weighted by Gasteiger charge is -2.12. The molecule has 126 valence electrons. The molecule has 0 unspecified atom stereocenters. The van der Waals surface area contributed by atoms with Crippen LogP contribution in [0.4, 0.5) is 5.82 Å². The van der Waals surface area contributed by atoms with Gasteiger partial charge in [-0.2, -0.15) is 10.2 Å². The molecule has 4 N–H and O–H groups in total. The molecule has 0 aromatic carbocycles. The molecule has 4 heterocycles. The minimum absolute atomic E-state index is 0. The van der Waals surface area contributed by atoms with E-state index in [9.17, 15) is 4.79 Å². The molecule has 0 spiro atoms. The monoisotopic (exact) mass is 364 g/mol. The maximum absolute atomic E-state index is 12.4. The van der Waals surface area contributed by atoms with Crippen LogP contribution >= 0.6 is 23.7 Å². The summed E-state index contributed by atoms with van der Waals surface area (Å²) in [7, 11) is 0. The minimum atomic E-state index is -0.244. The van der Waals surface area contributed by atoms with E-state index in [1.54, 1.807) is 11.3 Å². The van der Waals surface area contributed by atoms with Crippen molar-refractivity contribution in [3.05, 3.63) is 40.0 Å². The number of nitrogens with one attached hydrogen (secondary N) is 4. The highest BCUT2D eigenvalue weighted by Crippen LogP contribution is 2.27. The van der Waals surface area contributed by atoms with Crippen molar-refractivity contribution in [1.82, 2.24) is 25.7 Å². The predicted octanol–water partition coefficient (Wildman–Crippen LogP) is 2.49. The first kappa shape index (κ1) is 16.7. The van der Waals surface area contributed by atoms with Gasteiger partial charge in [0.25, 0.3) is 5.91 Å². The van der Waals surface area contributed by atoms with Crippen LogP contribution in [-0.2, 0) is 13.0 Å². The first-order chi connectivity index (χ1) is 11.2.